The van der Waals surface area contributed by atoms with E-state index >= 15 is 0 Å². The molecule has 1 aromatic carbocycles. The smallest absolute Gasteiger partial charge is 0.411 e. The maximum atomic E-state index is 11.9. The third-order valence-corrected chi connectivity index (χ3v) is 3.21. The first-order valence-electron chi connectivity index (χ1n) is 8.44. The second-order valence-corrected chi connectivity index (χ2v) is 6.62. The van der Waals surface area contributed by atoms with Crippen molar-refractivity contribution >= 4 is 12.2 Å². The molecule has 0 spiro atoms. The van der Waals surface area contributed by atoms with Gasteiger partial charge in [-0.2, -0.15) is 0 Å². The fourth-order valence-corrected chi connectivity index (χ4v) is 1.98. The Labute approximate surface area is 149 Å². The average molecular weight is 351 g/mol. The largest absolute Gasteiger partial charge is 0.445 e. The number of unbranched alkanes of at least 4 members (excludes halogenated alkanes) is 1. The topological polar surface area (TPSA) is 93.9 Å². The zero-order chi connectivity index (χ0) is 18.7. The number of carbonyl (C=O) groups excluding carboxylic acids is 2. The van der Waals surface area contributed by atoms with Crippen LogP contribution in [0.25, 0.3) is 0 Å². The van der Waals surface area contributed by atoms with E-state index in [2.05, 4.69) is 5.32 Å². The van der Waals surface area contributed by atoms with Crippen LogP contribution in [0.3, 0.4) is 0 Å². The minimum Gasteiger partial charge on any atom is -0.445 e. The van der Waals surface area contributed by atoms with Gasteiger partial charge in [-0.05, 0) is 39.2 Å². The number of hydrogen-bond acceptors (Lipinski definition) is 5. The zero-order valence-corrected chi connectivity index (χ0v) is 15.3. The van der Waals surface area contributed by atoms with Crippen LogP contribution in [0.2, 0.25) is 0 Å². The van der Waals surface area contributed by atoms with Crippen LogP contribution in [-0.2, 0) is 16.1 Å². The van der Waals surface area contributed by atoms with Crippen molar-refractivity contribution in [3.8, 4) is 0 Å². The summed E-state index contributed by atoms with van der Waals surface area (Å²) in [6.07, 6.45) is 0.534. The van der Waals surface area contributed by atoms with Gasteiger partial charge < -0.3 is 20.5 Å². The maximum absolute atomic E-state index is 11.9. The van der Waals surface area contributed by atoms with Crippen molar-refractivity contribution in [3.05, 3.63) is 35.9 Å². The average Bonchev–Trinajstić information content (AvgIpc) is 2.55. The second-order valence-electron chi connectivity index (χ2n) is 6.62. The molecule has 140 valence electrons. The maximum Gasteiger partial charge on any atom is 0.411 e. The molecule has 0 radical (unpaired) electrons. The lowest BCUT2D eigenvalue weighted by atomic mass is 10.2. The molecule has 0 bridgehead atoms. The van der Waals surface area contributed by atoms with Crippen LogP contribution < -0.4 is 11.1 Å². The van der Waals surface area contributed by atoms with Crippen LogP contribution in [0, 0.1) is 0 Å². The Bertz CT molecular complexity index is 529. The Morgan fingerprint density at radius 1 is 1.16 bits per heavy atom. The molecule has 0 aliphatic carbocycles. The lowest BCUT2D eigenvalue weighted by Crippen LogP contribution is -2.40. The second kappa shape index (κ2) is 10.6. The summed E-state index contributed by atoms with van der Waals surface area (Å²) in [5.41, 5.74) is 5.98. The molecule has 1 rings (SSSR count). The third-order valence-electron chi connectivity index (χ3n) is 3.21. The number of carbonyl (C=O) groups is 2. The standard InChI is InChI=1S/C18H29N3O4/c1-18(2,3)25-17(23)21(14-19)12-8-7-11-20-16(22)24-13-15-9-5-4-6-10-15/h4-6,9-10H,7-8,11-14,19H2,1-3H3,(H,20,22). The van der Waals surface area contributed by atoms with Gasteiger partial charge in [0, 0.05) is 13.1 Å². The van der Waals surface area contributed by atoms with Gasteiger partial charge in [0.25, 0.3) is 0 Å². The first-order chi connectivity index (χ1) is 11.8. The van der Waals surface area contributed by atoms with Crippen molar-refractivity contribution in [2.75, 3.05) is 19.8 Å². The molecule has 7 heteroatoms. The molecular weight excluding hydrogens is 322 g/mol. The summed E-state index contributed by atoms with van der Waals surface area (Å²) in [4.78, 5) is 25.0. The Morgan fingerprint density at radius 2 is 1.84 bits per heavy atom. The van der Waals surface area contributed by atoms with E-state index < -0.39 is 17.8 Å². The lowest BCUT2D eigenvalue weighted by molar-refractivity contribution is 0.0251. The Hall–Kier alpha value is -2.28. The number of nitrogens with two attached hydrogens (primary N) is 1. The fourth-order valence-electron chi connectivity index (χ4n) is 1.98. The molecule has 0 fully saturated rings. The number of nitrogens with one attached hydrogen (secondary N) is 1. The molecule has 0 aliphatic heterocycles. The van der Waals surface area contributed by atoms with Gasteiger partial charge in [-0.3, -0.25) is 4.90 Å². The van der Waals surface area contributed by atoms with Crippen LogP contribution >= 0.6 is 0 Å². The molecule has 7 nitrogen and oxygen atoms in total. The highest BCUT2D eigenvalue weighted by Gasteiger charge is 2.20. The van der Waals surface area contributed by atoms with Gasteiger partial charge in [-0.15, -0.1) is 0 Å². The summed E-state index contributed by atoms with van der Waals surface area (Å²) in [7, 11) is 0. The number of rotatable bonds is 8. The minimum atomic E-state index is -0.547. The van der Waals surface area contributed by atoms with Crippen LogP contribution in [0.15, 0.2) is 30.3 Å². The molecule has 0 aliphatic rings. The summed E-state index contributed by atoms with van der Waals surface area (Å²) in [6.45, 7) is 6.72. The number of nitrogens with zero attached hydrogens (tertiary/aromatic N) is 1. The molecule has 2 amide bonds. The minimum absolute atomic E-state index is 0.0987. The highest BCUT2D eigenvalue weighted by molar-refractivity contribution is 5.68. The van der Waals surface area contributed by atoms with Crippen LogP contribution in [0.1, 0.15) is 39.2 Å². The Balaban J connectivity index is 2.15. The van der Waals surface area contributed by atoms with E-state index in [9.17, 15) is 9.59 Å². The van der Waals surface area contributed by atoms with E-state index in [0.717, 1.165) is 5.56 Å². The molecule has 0 aromatic heterocycles. The van der Waals surface area contributed by atoms with Gasteiger partial charge >= 0.3 is 12.2 Å². The summed E-state index contributed by atoms with van der Waals surface area (Å²) >= 11 is 0. The predicted octanol–water partition coefficient (Wildman–Crippen LogP) is 2.85. The monoisotopic (exact) mass is 351 g/mol. The molecule has 0 atom stereocenters. The SMILES string of the molecule is CC(C)(C)OC(=O)N(CN)CCCCNC(=O)OCc1ccccc1. The number of benzene rings is 1. The molecule has 25 heavy (non-hydrogen) atoms. The summed E-state index contributed by atoms with van der Waals surface area (Å²) in [6, 6.07) is 9.48. The highest BCUT2D eigenvalue weighted by atomic mass is 16.6. The fraction of sp³-hybridized carbons (Fsp3) is 0.556. The lowest BCUT2D eigenvalue weighted by Gasteiger charge is -2.26. The quantitative estimate of drug-likeness (QED) is 0.555. The predicted molar refractivity (Wildman–Crippen MR) is 95.9 cm³/mol. The van der Waals surface area contributed by atoms with Gasteiger partial charge in [0.05, 0.1) is 6.67 Å². The third kappa shape index (κ3) is 9.56. The van der Waals surface area contributed by atoms with E-state index in [1.165, 1.54) is 4.90 Å². The van der Waals surface area contributed by atoms with Crippen molar-refractivity contribution in [2.45, 2.75) is 45.8 Å². The normalized spacial score (nSPS) is 10.9. The molecule has 0 saturated heterocycles. The molecule has 0 saturated carbocycles. The van der Waals surface area contributed by atoms with E-state index in [1.54, 1.807) is 0 Å². The molecule has 3 N–H and O–H groups in total. The Morgan fingerprint density at radius 3 is 2.44 bits per heavy atom. The van der Waals surface area contributed by atoms with E-state index in [1.807, 2.05) is 51.1 Å². The number of hydrogen-bond donors (Lipinski definition) is 2. The van der Waals surface area contributed by atoms with Gasteiger partial charge in [-0.25, -0.2) is 9.59 Å². The molecule has 0 unspecified atom stereocenters. The van der Waals surface area contributed by atoms with Crippen LogP contribution in [-0.4, -0.2) is 42.4 Å². The zero-order valence-electron chi connectivity index (χ0n) is 15.3. The van der Waals surface area contributed by atoms with Crippen molar-refractivity contribution in [1.82, 2.24) is 10.2 Å². The number of amides is 2. The van der Waals surface area contributed by atoms with Gasteiger partial charge in [0.1, 0.15) is 12.2 Å². The Kier molecular flexibility index (Phi) is 8.77. The first-order valence-corrected chi connectivity index (χ1v) is 8.44. The van der Waals surface area contributed by atoms with Gasteiger partial charge in [0.2, 0.25) is 0 Å². The van der Waals surface area contributed by atoms with E-state index in [0.29, 0.717) is 25.9 Å². The molecular formula is C18H29N3O4. The van der Waals surface area contributed by atoms with Crippen molar-refractivity contribution in [3.63, 3.8) is 0 Å². The first kappa shape index (κ1) is 20.8. The van der Waals surface area contributed by atoms with E-state index in [4.69, 9.17) is 15.2 Å². The number of ether oxygens (including phenoxy) is 2. The van der Waals surface area contributed by atoms with Crippen LogP contribution in [0.5, 0.6) is 0 Å². The molecule has 1 aromatic rings. The highest BCUT2D eigenvalue weighted by Crippen LogP contribution is 2.10. The van der Waals surface area contributed by atoms with Crippen molar-refractivity contribution in [1.29, 1.82) is 0 Å². The van der Waals surface area contributed by atoms with Crippen LogP contribution in [0.4, 0.5) is 9.59 Å². The summed E-state index contributed by atoms with van der Waals surface area (Å²) in [5, 5.41) is 2.69. The summed E-state index contributed by atoms with van der Waals surface area (Å²) < 4.78 is 10.4. The summed E-state index contributed by atoms with van der Waals surface area (Å²) in [5.74, 6) is 0. The van der Waals surface area contributed by atoms with Crippen molar-refractivity contribution in [2.24, 2.45) is 5.73 Å². The van der Waals surface area contributed by atoms with Gasteiger partial charge in [0.15, 0.2) is 0 Å². The van der Waals surface area contributed by atoms with Crippen molar-refractivity contribution < 1.29 is 19.1 Å². The van der Waals surface area contributed by atoms with E-state index in [-0.39, 0.29) is 13.3 Å². The number of alkyl carbamates (subject to hydrolysis) is 1. The van der Waals surface area contributed by atoms with Gasteiger partial charge in [-0.1, -0.05) is 30.3 Å². The molecule has 0 heterocycles.